The van der Waals surface area contributed by atoms with Gasteiger partial charge in [0.05, 0.1) is 7.11 Å². The Morgan fingerprint density at radius 3 is 2.53 bits per heavy atom. The van der Waals surface area contributed by atoms with E-state index in [9.17, 15) is 0 Å². The molecule has 0 aliphatic heterocycles. The molecule has 1 aromatic carbocycles. The number of rotatable bonds is 3. The first kappa shape index (κ1) is 12.4. The first-order chi connectivity index (χ1) is 8.22. The quantitative estimate of drug-likeness (QED) is 0.866. The van der Waals surface area contributed by atoms with Crippen LogP contribution in [-0.4, -0.2) is 7.11 Å². The van der Waals surface area contributed by atoms with Crippen LogP contribution in [0, 0.1) is 12.8 Å². The van der Waals surface area contributed by atoms with E-state index in [-0.39, 0.29) is 6.04 Å². The maximum atomic E-state index is 6.39. The number of ether oxygens (including phenoxy) is 1. The predicted molar refractivity (Wildman–Crippen MR) is 71.2 cm³/mol. The van der Waals surface area contributed by atoms with E-state index in [1.165, 1.54) is 43.2 Å². The van der Waals surface area contributed by atoms with Crippen LogP contribution in [0.3, 0.4) is 0 Å². The van der Waals surface area contributed by atoms with Crippen molar-refractivity contribution in [1.29, 1.82) is 0 Å². The molecule has 0 aromatic heterocycles. The normalized spacial score (nSPS) is 19.0. The van der Waals surface area contributed by atoms with Crippen LogP contribution in [0.2, 0.25) is 0 Å². The van der Waals surface area contributed by atoms with Gasteiger partial charge in [0, 0.05) is 6.04 Å². The average molecular weight is 233 g/mol. The number of methoxy groups -OCH3 is 1. The van der Waals surface area contributed by atoms with Gasteiger partial charge < -0.3 is 10.5 Å². The van der Waals surface area contributed by atoms with Crippen molar-refractivity contribution in [1.82, 2.24) is 0 Å². The summed E-state index contributed by atoms with van der Waals surface area (Å²) in [6.45, 7) is 2.08. The van der Waals surface area contributed by atoms with Crippen molar-refractivity contribution in [3.8, 4) is 5.75 Å². The molecular formula is C15H23NO. The van der Waals surface area contributed by atoms with Crippen LogP contribution in [-0.2, 0) is 0 Å². The summed E-state index contributed by atoms with van der Waals surface area (Å²) in [6.07, 6.45) is 6.63. The summed E-state index contributed by atoms with van der Waals surface area (Å²) in [5, 5.41) is 0. The number of hydrogen-bond donors (Lipinski definition) is 1. The zero-order chi connectivity index (χ0) is 12.3. The van der Waals surface area contributed by atoms with Crippen LogP contribution in [0.15, 0.2) is 18.2 Å². The highest BCUT2D eigenvalue weighted by Crippen LogP contribution is 2.34. The van der Waals surface area contributed by atoms with Crippen molar-refractivity contribution in [3.63, 3.8) is 0 Å². The van der Waals surface area contributed by atoms with Gasteiger partial charge in [-0.3, -0.25) is 0 Å². The third-order valence-corrected chi connectivity index (χ3v) is 3.96. The van der Waals surface area contributed by atoms with Gasteiger partial charge in [-0.05, 0) is 42.9 Å². The molecule has 1 fully saturated rings. The lowest BCUT2D eigenvalue weighted by molar-refractivity contribution is 0.308. The highest BCUT2D eigenvalue weighted by Gasteiger charge is 2.22. The van der Waals surface area contributed by atoms with Gasteiger partial charge in [0.25, 0.3) is 0 Å². The minimum absolute atomic E-state index is 0.194. The molecule has 1 atom stereocenters. The Morgan fingerprint density at radius 2 is 1.94 bits per heavy atom. The summed E-state index contributed by atoms with van der Waals surface area (Å²) in [4.78, 5) is 0. The topological polar surface area (TPSA) is 35.2 Å². The minimum atomic E-state index is 0.194. The third kappa shape index (κ3) is 2.81. The number of hydrogen-bond acceptors (Lipinski definition) is 2. The van der Waals surface area contributed by atoms with Crippen LogP contribution in [0.4, 0.5) is 0 Å². The molecule has 0 heterocycles. The molecule has 2 N–H and O–H groups in total. The molecular weight excluding hydrogens is 210 g/mol. The minimum Gasteiger partial charge on any atom is -0.496 e. The Morgan fingerprint density at radius 1 is 1.24 bits per heavy atom. The van der Waals surface area contributed by atoms with Crippen LogP contribution < -0.4 is 10.5 Å². The molecule has 0 amide bonds. The maximum absolute atomic E-state index is 6.39. The van der Waals surface area contributed by atoms with Gasteiger partial charge in [-0.15, -0.1) is 0 Å². The van der Waals surface area contributed by atoms with E-state index in [1.807, 2.05) is 6.07 Å². The standard InChI is InChI=1S/C15H23NO/c1-11-10-13(8-9-14(11)17-2)15(16)12-6-4-3-5-7-12/h8-10,12,15H,3-7,16H2,1-2H3/t15-/m0/s1. The Labute approximate surface area is 104 Å². The molecule has 0 unspecified atom stereocenters. The molecule has 2 rings (SSSR count). The number of benzene rings is 1. The van der Waals surface area contributed by atoms with Crippen LogP contribution >= 0.6 is 0 Å². The second-order valence-corrected chi connectivity index (χ2v) is 5.15. The van der Waals surface area contributed by atoms with Crippen LogP contribution in [0.5, 0.6) is 5.75 Å². The predicted octanol–water partition coefficient (Wildman–Crippen LogP) is 3.58. The van der Waals surface area contributed by atoms with Crippen molar-refractivity contribution >= 4 is 0 Å². The maximum Gasteiger partial charge on any atom is 0.121 e. The summed E-state index contributed by atoms with van der Waals surface area (Å²) < 4.78 is 5.28. The second-order valence-electron chi connectivity index (χ2n) is 5.15. The summed E-state index contributed by atoms with van der Waals surface area (Å²) >= 11 is 0. The van der Waals surface area contributed by atoms with Crippen molar-refractivity contribution in [2.24, 2.45) is 11.7 Å². The number of nitrogens with two attached hydrogens (primary N) is 1. The molecule has 0 bridgehead atoms. The fourth-order valence-electron chi connectivity index (χ4n) is 2.87. The van der Waals surface area contributed by atoms with Crippen molar-refractivity contribution in [2.75, 3.05) is 7.11 Å². The highest BCUT2D eigenvalue weighted by atomic mass is 16.5. The molecule has 1 aliphatic carbocycles. The van der Waals surface area contributed by atoms with Crippen LogP contribution in [0.25, 0.3) is 0 Å². The lowest BCUT2D eigenvalue weighted by atomic mass is 9.81. The first-order valence-corrected chi connectivity index (χ1v) is 6.62. The Bertz CT molecular complexity index is 369. The molecule has 1 saturated carbocycles. The van der Waals surface area contributed by atoms with E-state index in [0.29, 0.717) is 5.92 Å². The molecule has 0 saturated heterocycles. The molecule has 2 heteroatoms. The van der Waals surface area contributed by atoms with Crippen LogP contribution in [0.1, 0.15) is 49.3 Å². The van der Waals surface area contributed by atoms with Crippen molar-refractivity contribution < 1.29 is 4.74 Å². The van der Waals surface area contributed by atoms with Gasteiger partial charge in [0.1, 0.15) is 5.75 Å². The van der Waals surface area contributed by atoms with Gasteiger partial charge in [-0.25, -0.2) is 0 Å². The van der Waals surface area contributed by atoms with Gasteiger partial charge >= 0.3 is 0 Å². The zero-order valence-corrected chi connectivity index (χ0v) is 10.9. The molecule has 1 aromatic rings. The monoisotopic (exact) mass is 233 g/mol. The summed E-state index contributed by atoms with van der Waals surface area (Å²) in [5.74, 6) is 1.61. The van der Waals surface area contributed by atoms with Crippen molar-refractivity contribution in [3.05, 3.63) is 29.3 Å². The van der Waals surface area contributed by atoms with E-state index in [1.54, 1.807) is 7.11 Å². The average Bonchev–Trinajstić information content (AvgIpc) is 2.39. The first-order valence-electron chi connectivity index (χ1n) is 6.62. The molecule has 0 radical (unpaired) electrons. The van der Waals surface area contributed by atoms with Gasteiger partial charge in [0.15, 0.2) is 0 Å². The van der Waals surface area contributed by atoms with E-state index in [4.69, 9.17) is 10.5 Å². The third-order valence-electron chi connectivity index (χ3n) is 3.96. The summed E-state index contributed by atoms with van der Waals surface area (Å²) in [5.41, 5.74) is 8.83. The van der Waals surface area contributed by atoms with Gasteiger partial charge in [-0.1, -0.05) is 31.4 Å². The fourth-order valence-corrected chi connectivity index (χ4v) is 2.87. The van der Waals surface area contributed by atoms with E-state index >= 15 is 0 Å². The molecule has 2 nitrogen and oxygen atoms in total. The lowest BCUT2D eigenvalue weighted by Gasteiger charge is -2.28. The van der Waals surface area contributed by atoms with Gasteiger partial charge in [0.2, 0.25) is 0 Å². The Kier molecular flexibility index (Phi) is 4.06. The summed E-state index contributed by atoms with van der Waals surface area (Å²) in [6, 6.07) is 6.52. The smallest absolute Gasteiger partial charge is 0.121 e. The number of aryl methyl sites for hydroxylation is 1. The second kappa shape index (κ2) is 5.54. The molecule has 17 heavy (non-hydrogen) atoms. The van der Waals surface area contributed by atoms with E-state index in [0.717, 1.165) is 5.75 Å². The van der Waals surface area contributed by atoms with E-state index in [2.05, 4.69) is 19.1 Å². The van der Waals surface area contributed by atoms with Crippen molar-refractivity contribution in [2.45, 2.75) is 45.1 Å². The molecule has 0 spiro atoms. The SMILES string of the molecule is COc1ccc([C@@H](N)C2CCCCC2)cc1C. The lowest BCUT2D eigenvalue weighted by Crippen LogP contribution is -2.23. The molecule has 94 valence electrons. The fraction of sp³-hybridized carbons (Fsp3) is 0.600. The summed E-state index contributed by atoms with van der Waals surface area (Å²) in [7, 11) is 1.71. The Hall–Kier alpha value is -1.02. The largest absolute Gasteiger partial charge is 0.496 e. The Balaban J connectivity index is 2.12. The van der Waals surface area contributed by atoms with Gasteiger partial charge in [-0.2, -0.15) is 0 Å². The molecule has 1 aliphatic rings. The zero-order valence-electron chi connectivity index (χ0n) is 10.9. The van der Waals surface area contributed by atoms with E-state index < -0.39 is 0 Å². The highest BCUT2D eigenvalue weighted by molar-refractivity contribution is 5.37.